The van der Waals surface area contributed by atoms with Gasteiger partial charge in [0.15, 0.2) is 5.65 Å². The molecule has 0 saturated carbocycles. The summed E-state index contributed by atoms with van der Waals surface area (Å²) >= 11 is 5.88. The molecule has 0 spiro atoms. The van der Waals surface area contributed by atoms with Crippen molar-refractivity contribution in [3.8, 4) is 0 Å². The molecule has 104 valence electrons. The molecule has 0 aliphatic heterocycles. The summed E-state index contributed by atoms with van der Waals surface area (Å²) in [5.41, 5.74) is 3.91. The first-order valence-electron chi connectivity index (χ1n) is 6.53. The monoisotopic (exact) mass is 289 g/mol. The second-order valence-electron chi connectivity index (χ2n) is 4.89. The van der Waals surface area contributed by atoms with E-state index < -0.39 is 0 Å². The van der Waals surface area contributed by atoms with Crippen molar-refractivity contribution in [1.82, 2.24) is 24.3 Å². The SMILES string of the molecule is Cc1cnc2c(c1)nc(CCCl)n2Cc1ccn(C)n1. The third-order valence-corrected chi connectivity index (χ3v) is 3.40. The van der Waals surface area contributed by atoms with Gasteiger partial charge in [0, 0.05) is 31.7 Å². The number of aryl methyl sites for hydroxylation is 3. The fraction of sp³-hybridized carbons (Fsp3) is 0.357. The summed E-state index contributed by atoms with van der Waals surface area (Å²) in [5.74, 6) is 1.50. The van der Waals surface area contributed by atoms with E-state index in [1.807, 2.05) is 32.4 Å². The highest BCUT2D eigenvalue weighted by Gasteiger charge is 2.13. The lowest BCUT2D eigenvalue weighted by molar-refractivity contribution is 0.690. The molecule has 0 aliphatic carbocycles. The topological polar surface area (TPSA) is 48.5 Å². The highest BCUT2D eigenvalue weighted by atomic mass is 35.5. The molecule has 3 heterocycles. The zero-order valence-electron chi connectivity index (χ0n) is 11.5. The molecule has 3 aromatic rings. The molecule has 0 amide bonds. The first kappa shape index (κ1) is 13.1. The molecular formula is C14H16ClN5. The van der Waals surface area contributed by atoms with Crippen molar-refractivity contribution in [2.45, 2.75) is 19.9 Å². The van der Waals surface area contributed by atoms with Crippen LogP contribution in [-0.2, 0) is 20.0 Å². The van der Waals surface area contributed by atoms with Crippen molar-refractivity contribution in [2.24, 2.45) is 7.05 Å². The zero-order chi connectivity index (χ0) is 14.1. The number of hydrogen-bond donors (Lipinski definition) is 0. The predicted molar refractivity (Wildman–Crippen MR) is 79.0 cm³/mol. The lowest BCUT2D eigenvalue weighted by Crippen LogP contribution is -2.07. The number of pyridine rings is 1. The van der Waals surface area contributed by atoms with Crippen molar-refractivity contribution in [1.29, 1.82) is 0 Å². The minimum Gasteiger partial charge on any atom is -0.307 e. The number of halogens is 1. The molecule has 0 aromatic carbocycles. The summed E-state index contributed by atoms with van der Waals surface area (Å²) in [7, 11) is 1.91. The maximum absolute atomic E-state index is 5.88. The number of rotatable bonds is 4. The Labute approximate surface area is 122 Å². The van der Waals surface area contributed by atoms with Crippen LogP contribution in [0.2, 0.25) is 0 Å². The van der Waals surface area contributed by atoms with Gasteiger partial charge in [0.25, 0.3) is 0 Å². The van der Waals surface area contributed by atoms with E-state index in [4.69, 9.17) is 11.6 Å². The van der Waals surface area contributed by atoms with Crippen molar-refractivity contribution >= 4 is 22.8 Å². The van der Waals surface area contributed by atoms with Gasteiger partial charge in [0.1, 0.15) is 11.3 Å². The van der Waals surface area contributed by atoms with E-state index in [2.05, 4.69) is 25.7 Å². The first-order chi connectivity index (χ1) is 9.67. The van der Waals surface area contributed by atoms with Crippen molar-refractivity contribution < 1.29 is 0 Å². The highest BCUT2D eigenvalue weighted by molar-refractivity contribution is 6.17. The molecule has 0 radical (unpaired) electrons. The van der Waals surface area contributed by atoms with Crippen LogP contribution in [0.1, 0.15) is 17.1 Å². The second-order valence-corrected chi connectivity index (χ2v) is 5.27. The lowest BCUT2D eigenvalue weighted by Gasteiger charge is -2.05. The van der Waals surface area contributed by atoms with Gasteiger partial charge in [-0.05, 0) is 24.6 Å². The van der Waals surface area contributed by atoms with E-state index in [1.54, 1.807) is 4.68 Å². The predicted octanol–water partition coefficient (Wildman–Crippen LogP) is 2.30. The van der Waals surface area contributed by atoms with E-state index in [0.29, 0.717) is 12.4 Å². The Bertz CT molecular complexity index is 743. The molecule has 20 heavy (non-hydrogen) atoms. The van der Waals surface area contributed by atoms with Gasteiger partial charge in [-0.25, -0.2) is 9.97 Å². The summed E-state index contributed by atoms with van der Waals surface area (Å²) in [4.78, 5) is 9.16. The number of alkyl halides is 1. The number of fused-ring (bicyclic) bond motifs is 1. The van der Waals surface area contributed by atoms with Gasteiger partial charge in [-0.1, -0.05) is 0 Å². The molecule has 0 atom stereocenters. The Morgan fingerprint density at radius 1 is 1.35 bits per heavy atom. The summed E-state index contributed by atoms with van der Waals surface area (Å²) in [5, 5.41) is 4.42. The number of imidazole rings is 1. The van der Waals surface area contributed by atoms with E-state index in [9.17, 15) is 0 Å². The number of nitrogens with zero attached hydrogens (tertiary/aromatic N) is 5. The van der Waals surface area contributed by atoms with Crippen molar-refractivity contribution in [3.05, 3.63) is 41.6 Å². The van der Waals surface area contributed by atoms with E-state index >= 15 is 0 Å². The molecule has 0 bridgehead atoms. The maximum atomic E-state index is 5.88. The van der Waals surface area contributed by atoms with Crippen LogP contribution in [0.3, 0.4) is 0 Å². The summed E-state index contributed by atoms with van der Waals surface area (Å²) in [6.45, 7) is 2.69. The van der Waals surface area contributed by atoms with Crippen LogP contribution in [0.25, 0.3) is 11.2 Å². The van der Waals surface area contributed by atoms with Gasteiger partial charge in [-0.15, -0.1) is 11.6 Å². The van der Waals surface area contributed by atoms with E-state index in [1.165, 1.54) is 0 Å². The fourth-order valence-electron chi connectivity index (χ4n) is 2.31. The van der Waals surface area contributed by atoms with Gasteiger partial charge in [0.2, 0.25) is 0 Å². The molecule has 5 nitrogen and oxygen atoms in total. The maximum Gasteiger partial charge on any atom is 0.160 e. The Kier molecular flexibility index (Phi) is 3.44. The average Bonchev–Trinajstić information content (AvgIpc) is 2.95. The lowest BCUT2D eigenvalue weighted by atomic mass is 10.3. The molecule has 0 unspecified atom stereocenters. The largest absolute Gasteiger partial charge is 0.307 e. The molecule has 3 rings (SSSR count). The van der Waals surface area contributed by atoms with Crippen molar-refractivity contribution in [3.63, 3.8) is 0 Å². The quantitative estimate of drug-likeness (QED) is 0.693. The van der Waals surface area contributed by atoms with Crippen LogP contribution in [-0.4, -0.2) is 30.2 Å². The van der Waals surface area contributed by atoms with Crippen LogP contribution in [0.15, 0.2) is 24.5 Å². The van der Waals surface area contributed by atoms with Crippen LogP contribution in [0, 0.1) is 6.92 Å². The Morgan fingerprint density at radius 3 is 2.90 bits per heavy atom. The van der Waals surface area contributed by atoms with Crippen LogP contribution >= 0.6 is 11.6 Å². The van der Waals surface area contributed by atoms with Gasteiger partial charge in [-0.3, -0.25) is 4.68 Å². The fourth-order valence-corrected chi connectivity index (χ4v) is 2.48. The Balaban J connectivity index is 2.08. The molecule has 0 aliphatic rings. The van der Waals surface area contributed by atoms with Crippen LogP contribution < -0.4 is 0 Å². The smallest absolute Gasteiger partial charge is 0.160 e. The molecule has 0 N–H and O–H groups in total. The first-order valence-corrected chi connectivity index (χ1v) is 7.07. The van der Waals surface area contributed by atoms with Crippen LogP contribution in [0.5, 0.6) is 0 Å². The van der Waals surface area contributed by atoms with Crippen LogP contribution in [0.4, 0.5) is 0 Å². The van der Waals surface area contributed by atoms with E-state index in [0.717, 1.165) is 34.7 Å². The highest BCUT2D eigenvalue weighted by Crippen LogP contribution is 2.17. The minimum absolute atomic E-state index is 0.546. The third-order valence-electron chi connectivity index (χ3n) is 3.21. The average molecular weight is 290 g/mol. The Hall–Kier alpha value is -1.88. The summed E-state index contributed by atoms with van der Waals surface area (Å²) in [6.07, 6.45) is 4.53. The molecule has 0 saturated heterocycles. The number of aromatic nitrogens is 5. The molecule has 0 fully saturated rings. The van der Waals surface area contributed by atoms with Gasteiger partial charge >= 0.3 is 0 Å². The molecule has 6 heteroatoms. The van der Waals surface area contributed by atoms with Gasteiger partial charge in [0.05, 0.1) is 12.2 Å². The Morgan fingerprint density at radius 2 is 2.20 bits per heavy atom. The number of hydrogen-bond acceptors (Lipinski definition) is 3. The zero-order valence-corrected chi connectivity index (χ0v) is 12.3. The molecule has 3 aromatic heterocycles. The normalized spacial score (nSPS) is 11.3. The standard InChI is InChI=1S/C14H16ClN5/c1-10-7-12-14(16-8-10)20(13(17-12)3-5-15)9-11-4-6-19(2)18-11/h4,6-8H,3,5,9H2,1-2H3. The van der Waals surface area contributed by atoms with Crippen molar-refractivity contribution in [2.75, 3.05) is 5.88 Å². The second kappa shape index (κ2) is 5.25. The van der Waals surface area contributed by atoms with Gasteiger partial charge in [-0.2, -0.15) is 5.10 Å². The summed E-state index contributed by atoms with van der Waals surface area (Å²) in [6, 6.07) is 4.06. The van der Waals surface area contributed by atoms with E-state index in [-0.39, 0.29) is 0 Å². The summed E-state index contributed by atoms with van der Waals surface area (Å²) < 4.78 is 3.90. The third kappa shape index (κ3) is 2.41. The molecular weight excluding hydrogens is 274 g/mol. The minimum atomic E-state index is 0.546. The van der Waals surface area contributed by atoms with Gasteiger partial charge < -0.3 is 4.57 Å².